The Bertz CT molecular complexity index is 509. The normalized spacial score (nSPS) is 24.8. The van der Waals surface area contributed by atoms with Crippen LogP contribution in [0.15, 0.2) is 27.8 Å². The van der Waals surface area contributed by atoms with Crippen molar-refractivity contribution in [3.63, 3.8) is 0 Å². The number of aliphatic imine (C=N–C) groups is 1. The van der Waals surface area contributed by atoms with Crippen LogP contribution in [0.25, 0.3) is 0 Å². The number of guanidine groups is 1. The van der Waals surface area contributed by atoms with Crippen molar-refractivity contribution in [3.8, 4) is 0 Å². The Hall–Kier alpha value is -0.760. The number of likely N-dealkylation sites (tertiary alicyclic amines) is 1. The van der Waals surface area contributed by atoms with Crippen LogP contribution >= 0.6 is 24.0 Å². The summed E-state index contributed by atoms with van der Waals surface area (Å²) in [7, 11) is 1.84. The molecule has 2 heterocycles. The van der Waals surface area contributed by atoms with Gasteiger partial charge in [-0.05, 0) is 49.9 Å². The van der Waals surface area contributed by atoms with Crippen molar-refractivity contribution in [1.29, 1.82) is 0 Å². The Labute approximate surface area is 156 Å². The summed E-state index contributed by atoms with van der Waals surface area (Å²) in [5.74, 6) is 1.93. The molecule has 1 aliphatic carbocycles. The van der Waals surface area contributed by atoms with Gasteiger partial charge in [-0.25, -0.2) is 0 Å². The van der Waals surface area contributed by atoms with Crippen LogP contribution in [-0.4, -0.2) is 43.6 Å². The van der Waals surface area contributed by atoms with Crippen molar-refractivity contribution in [3.05, 3.63) is 24.2 Å². The molecular weight excluding hydrogens is 403 g/mol. The van der Waals surface area contributed by atoms with Gasteiger partial charge in [0, 0.05) is 19.6 Å². The average molecular weight is 432 g/mol. The molecule has 0 amide bonds. The van der Waals surface area contributed by atoms with E-state index in [2.05, 4.69) is 40.4 Å². The third-order valence-corrected chi connectivity index (χ3v) is 4.96. The molecular formula is C17H29IN4O. The lowest BCUT2D eigenvalue weighted by atomic mass is 10.2. The number of nitrogens with one attached hydrogen (secondary N) is 2. The standard InChI is InChI=1S/C17H28N4O.HI/c1-17(2)11-15(17)20-16(18-3)19-12-13(14-7-6-10-22-14)21-8-4-5-9-21;/h6-7,10,13,15H,4-5,8-9,11-12H2,1-3H3,(H2,18,19,20);1H. The van der Waals surface area contributed by atoms with Gasteiger partial charge in [-0.2, -0.15) is 0 Å². The zero-order valence-corrected chi connectivity index (χ0v) is 16.7. The van der Waals surface area contributed by atoms with Gasteiger partial charge in [-0.15, -0.1) is 24.0 Å². The van der Waals surface area contributed by atoms with Crippen molar-refractivity contribution in [2.45, 2.75) is 45.2 Å². The van der Waals surface area contributed by atoms with Crippen LogP contribution < -0.4 is 10.6 Å². The maximum atomic E-state index is 5.66. The molecule has 1 aliphatic heterocycles. The molecule has 0 spiro atoms. The molecule has 130 valence electrons. The maximum Gasteiger partial charge on any atom is 0.191 e. The van der Waals surface area contributed by atoms with Crippen LogP contribution in [0.4, 0.5) is 0 Å². The van der Waals surface area contributed by atoms with Gasteiger partial charge in [0.25, 0.3) is 0 Å². The number of hydrogen-bond acceptors (Lipinski definition) is 3. The molecule has 23 heavy (non-hydrogen) atoms. The van der Waals surface area contributed by atoms with Crippen LogP contribution in [-0.2, 0) is 0 Å². The molecule has 1 aromatic heterocycles. The van der Waals surface area contributed by atoms with E-state index in [4.69, 9.17) is 4.42 Å². The van der Waals surface area contributed by atoms with Gasteiger partial charge in [0.2, 0.25) is 0 Å². The second-order valence-electron chi connectivity index (χ2n) is 7.12. The predicted octanol–water partition coefficient (Wildman–Crippen LogP) is 3.00. The maximum absolute atomic E-state index is 5.66. The van der Waals surface area contributed by atoms with Crippen molar-refractivity contribution in [2.75, 3.05) is 26.7 Å². The molecule has 2 atom stereocenters. The van der Waals surface area contributed by atoms with Gasteiger partial charge in [-0.3, -0.25) is 9.89 Å². The molecule has 5 nitrogen and oxygen atoms in total. The molecule has 0 bridgehead atoms. The number of hydrogen-bond donors (Lipinski definition) is 2. The summed E-state index contributed by atoms with van der Waals surface area (Å²) < 4.78 is 5.66. The molecule has 2 fully saturated rings. The fraction of sp³-hybridized carbons (Fsp3) is 0.706. The highest BCUT2D eigenvalue weighted by atomic mass is 127. The minimum absolute atomic E-state index is 0. The Morgan fingerprint density at radius 2 is 2.13 bits per heavy atom. The minimum Gasteiger partial charge on any atom is -0.468 e. The van der Waals surface area contributed by atoms with Crippen LogP contribution in [0.1, 0.15) is 44.9 Å². The largest absolute Gasteiger partial charge is 0.468 e. The summed E-state index contributed by atoms with van der Waals surface area (Å²) in [5, 5.41) is 6.99. The third-order valence-electron chi connectivity index (χ3n) is 4.96. The van der Waals surface area contributed by atoms with E-state index in [-0.39, 0.29) is 30.0 Å². The number of nitrogens with zero attached hydrogens (tertiary/aromatic N) is 2. The number of furan rings is 1. The van der Waals surface area contributed by atoms with Gasteiger partial charge >= 0.3 is 0 Å². The minimum atomic E-state index is 0. The zero-order chi connectivity index (χ0) is 15.6. The van der Waals surface area contributed by atoms with Gasteiger partial charge in [-0.1, -0.05) is 13.8 Å². The highest BCUT2D eigenvalue weighted by Crippen LogP contribution is 2.44. The monoisotopic (exact) mass is 432 g/mol. The molecule has 2 aliphatic rings. The first-order chi connectivity index (χ1) is 10.6. The SMILES string of the molecule is CN=C(NCC(c1ccco1)N1CCCC1)NC1CC1(C)C.I. The van der Waals surface area contributed by atoms with Crippen molar-refractivity contribution < 1.29 is 4.42 Å². The molecule has 1 saturated heterocycles. The lowest BCUT2D eigenvalue weighted by molar-refractivity contribution is 0.215. The summed E-state index contributed by atoms with van der Waals surface area (Å²) in [6, 6.07) is 4.86. The first kappa shape index (κ1) is 18.6. The summed E-state index contributed by atoms with van der Waals surface area (Å²) in [6.07, 6.45) is 5.53. The van der Waals surface area contributed by atoms with Gasteiger partial charge in [0.05, 0.1) is 12.3 Å². The van der Waals surface area contributed by atoms with E-state index in [9.17, 15) is 0 Å². The number of rotatable bonds is 5. The van der Waals surface area contributed by atoms with E-state index in [1.165, 1.54) is 19.3 Å². The summed E-state index contributed by atoms with van der Waals surface area (Å²) in [5.41, 5.74) is 0.396. The van der Waals surface area contributed by atoms with Gasteiger partial charge in [0.15, 0.2) is 5.96 Å². The smallest absolute Gasteiger partial charge is 0.191 e. The third kappa shape index (κ3) is 4.62. The highest BCUT2D eigenvalue weighted by molar-refractivity contribution is 14.0. The lowest BCUT2D eigenvalue weighted by Crippen LogP contribution is -2.44. The zero-order valence-electron chi connectivity index (χ0n) is 14.3. The van der Waals surface area contributed by atoms with Crippen LogP contribution in [0.2, 0.25) is 0 Å². The van der Waals surface area contributed by atoms with Crippen molar-refractivity contribution >= 4 is 29.9 Å². The van der Waals surface area contributed by atoms with Crippen LogP contribution in [0, 0.1) is 5.41 Å². The molecule has 2 N–H and O–H groups in total. The number of halogens is 1. The van der Waals surface area contributed by atoms with Crippen molar-refractivity contribution in [2.24, 2.45) is 10.4 Å². The Morgan fingerprint density at radius 1 is 1.43 bits per heavy atom. The molecule has 2 unspecified atom stereocenters. The molecule has 6 heteroatoms. The highest BCUT2D eigenvalue weighted by Gasteiger charge is 2.46. The average Bonchev–Trinajstić information content (AvgIpc) is 3.00. The predicted molar refractivity (Wildman–Crippen MR) is 104 cm³/mol. The van der Waals surface area contributed by atoms with Crippen LogP contribution in [0.5, 0.6) is 0 Å². The molecule has 0 aromatic carbocycles. The van der Waals surface area contributed by atoms with E-state index in [0.29, 0.717) is 11.5 Å². The fourth-order valence-corrected chi connectivity index (χ4v) is 3.21. The second-order valence-corrected chi connectivity index (χ2v) is 7.12. The molecule has 3 rings (SSSR count). The molecule has 0 radical (unpaired) electrons. The van der Waals surface area contributed by atoms with E-state index in [1.807, 2.05) is 13.1 Å². The Kier molecular flexibility index (Phi) is 6.36. The topological polar surface area (TPSA) is 52.8 Å². The quantitative estimate of drug-likeness (QED) is 0.427. The summed E-state index contributed by atoms with van der Waals surface area (Å²) >= 11 is 0. The van der Waals surface area contributed by atoms with Crippen LogP contribution in [0.3, 0.4) is 0 Å². The summed E-state index contributed by atoms with van der Waals surface area (Å²) in [4.78, 5) is 6.86. The first-order valence-electron chi connectivity index (χ1n) is 8.35. The van der Waals surface area contributed by atoms with Crippen molar-refractivity contribution in [1.82, 2.24) is 15.5 Å². The van der Waals surface area contributed by atoms with Gasteiger partial charge in [0.1, 0.15) is 5.76 Å². The molecule has 1 saturated carbocycles. The Balaban J connectivity index is 0.00000192. The van der Waals surface area contributed by atoms with Gasteiger partial charge < -0.3 is 15.1 Å². The second kappa shape index (κ2) is 7.88. The Morgan fingerprint density at radius 3 is 2.65 bits per heavy atom. The lowest BCUT2D eigenvalue weighted by Gasteiger charge is -2.26. The van der Waals surface area contributed by atoms with E-state index < -0.39 is 0 Å². The molecule has 1 aromatic rings. The van der Waals surface area contributed by atoms with E-state index in [1.54, 1.807) is 6.26 Å². The first-order valence-corrected chi connectivity index (χ1v) is 8.35. The fourth-order valence-electron chi connectivity index (χ4n) is 3.21. The van der Waals surface area contributed by atoms with E-state index in [0.717, 1.165) is 31.4 Å². The van der Waals surface area contributed by atoms with E-state index >= 15 is 0 Å². The summed E-state index contributed by atoms with van der Waals surface area (Å²) in [6.45, 7) is 7.69.